The van der Waals surface area contributed by atoms with E-state index in [9.17, 15) is 9.59 Å². The highest BCUT2D eigenvalue weighted by Gasteiger charge is 2.08. The highest BCUT2D eigenvalue weighted by atomic mass is 35.5. The summed E-state index contributed by atoms with van der Waals surface area (Å²) < 4.78 is 5.26. The molecule has 0 spiro atoms. The third kappa shape index (κ3) is 8.67. The second-order valence-corrected chi connectivity index (χ2v) is 5.97. The molecule has 0 atom stereocenters. The van der Waals surface area contributed by atoms with Crippen LogP contribution in [0.3, 0.4) is 0 Å². The van der Waals surface area contributed by atoms with Crippen molar-refractivity contribution in [3.63, 3.8) is 0 Å². The molecule has 2 amide bonds. The summed E-state index contributed by atoms with van der Waals surface area (Å²) in [5, 5.41) is 0.805. The first-order valence-corrected chi connectivity index (χ1v) is 8.44. The first-order valence-electron chi connectivity index (χ1n) is 7.68. The molecule has 0 bridgehead atoms. The lowest BCUT2D eigenvalue weighted by Crippen LogP contribution is -2.43. The Morgan fingerprint density at radius 2 is 1.74 bits per heavy atom. The minimum absolute atomic E-state index is 0.209. The summed E-state index contributed by atoms with van der Waals surface area (Å²) in [5.41, 5.74) is 4.66. The monoisotopic (exact) mass is 360 g/mol. The Kier molecular flexibility index (Phi) is 9.48. The van der Waals surface area contributed by atoms with Crippen molar-refractivity contribution >= 4 is 35.0 Å². The van der Waals surface area contributed by atoms with Gasteiger partial charge in [0.25, 0.3) is 5.91 Å². The maximum Gasteiger partial charge on any atom is 0.276 e. The number of amides is 2. The maximum absolute atomic E-state index is 11.6. The molecule has 0 heterocycles. The first-order chi connectivity index (χ1) is 11.0. The highest BCUT2D eigenvalue weighted by Crippen LogP contribution is 2.27. The van der Waals surface area contributed by atoms with Crippen LogP contribution in [0.1, 0.15) is 45.4 Å². The Balaban J connectivity index is 2.17. The molecular formula is C16H22Cl2N2O3. The Labute approximate surface area is 146 Å². The molecule has 1 aromatic carbocycles. The average Bonchev–Trinajstić information content (AvgIpc) is 2.52. The van der Waals surface area contributed by atoms with Gasteiger partial charge in [0.2, 0.25) is 5.91 Å². The van der Waals surface area contributed by atoms with Crippen LogP contribution < -0.4 is 15.6 Å². The van der Waals surface area contributed by atoms with Crippen LogP contribution in [0.25, 0.3) is 0 Å². The van der Waals surface area contributed by atoms with Crippen LogP contribution in [0.15, 0.2) is 18.2 Å². The van der Waals surface area contributed by atoms with Gasteiger partial charge < -0.3 is 4.74 Å². The van der Waals surface area contributed by atoms with Gasteiger partial charge in [-0.3, -0.25) is 20.4 Å². The summed E-state index contributed by atoms with van der Waals surface area (Å²) in [6.07, 6.45) is 5.72. The molecule has 0 aliphatic rings. The van der Waals surface area contributed by atoms with Crippen molar-refractivity contribution in [1.29, 1.82) is 0 Å². The van der Waals surface area contributed by atoms with Gasteiger partial charge in [-0.05, 0) is 24.6 Å². The predicted molar refractivity (Wildman–Crippen MR) is 91.6 cm³/mol. The molecule has 0 aliphatic heterocycles. The van der Waals surface area contributed by atoms with Gasteiger partial charge in [-0.2, -0.15) is 0 Å². The first kappa shape index (κ1) is 19.6. The predicted octanol–water partition coefficient (Wildman–Crippen LogP) is 3.88. The third-order valence-corrected chi connectivity index (χ3v) is 3.63. The quantitative estimate of drug-likeness (QED) is 0.518. The van der Waals surface area contributed by atoms with E-state index in [1.807, 2.05) is 0 Å². The van der Waals surface area contributed by atoms with Crippen LogP contribution in [-0.4, -0.2) is 18.4 Å². The molecule has 7 heteroatoms. The van der Waals surface area contributed by atoms with Crippen molar-refractivity contribution in [3.8, 4) is 5.75 Å². The number of ether oxygens (including phenoxy) is 1. The van der Waals surface area contributed by atoms with Gasteiger partial charge in [0.15, 0.2) is 6.61 Å². The lowest BCUT2D eigenvalue weighted by Gasteiger charge is -2.10. The van der Waals surface area contributed by atoms with Gasteiger partial charge >= 0.3 is 0 Å². The van der Waals surface area contributed by atoms with E-state index >= 15 is 0 Å². The molecule has 128 valence electrons. The van der Waals surface area contributed by atoms with E-state index in [-0.39, 0.29) is 12.5 Å². The zero-order chi connectivity index (χ0) is 17.1. The zero-order valence-electron chi connectivity index (χ0n) is 13.2. The van der Waals surface area contributed by atoms with Crippen molar-refractivity contribution in [3.05, 3.63) is 28.2 Å². The zero-order valence-corrected chi connectivity index (χ0v) is 14.7. The average molecular weight is 361 g/mol. The smallest absolute Gasteiger partial charge is 0.276 e. The van der Waals surface area contributed by atoms with Gasteiger partial charge in [0.1, 0.15) is 5.75 Å². The van der Waals surface area contributed by atoms with Gasteiger partial charge in [-0.1, -0.05) is 55.8 Å². The lowest BCUT2D eigenvalue weighted by atomic mass is 10.1. The third-order valence-electron chi connectivity index (χ3n) is 3.10. The van der Waals surface area contributed by atoms with Gasteiger partial charge in [0, 0.05) is 11.4 Å². The normalized spacial score (nSPS) is 10.2. The number of carbonyl (C=O) groups is 2. The molecule has 0 unspecified atom stereocenters. The van der Waals surface area contributed by atoms with Gasteiger partial charge in [-0.15, -0.1) is 0 Å². The molecule has 0 aromatic heterocycles. The number of hydrogen-bond acceptors (Lipinski definition) is 3. The van der Waals surface area contributed by atoms with Crippen molar-refractivity contribution in [2.24, 2.45) is 0 Å². The van der Waals surface area contributed by atoms with Crippen LogP contribution in [0.2, 0.25) is 10.0 Å². The molecule has 2 N–H and O–H groups in total. The Hall–Kier alpha value is -1.46. The standard InChI is InChI=1S/C16H22Cl2N2O3/c1-2-3-4-5-6-7-15(21)19-20-16(22)11-23-14-9-8-12(17)10-13(14)18/h8-10H,2-7,11H2,1H3,(H,19,21)(H,20,22). The Morgan fingerprint density at radius 1 is 1.04 bits per heavy atom. The van der Waals surface area contributed by atoms with Crippen molar-refractivity contribution in [1.82, 2.24) is 10.9 Å². The summed E-state index contributed by atoms with van der Waals surface area (Å²) in [7, 11) is 0. The fourth-order valence-corrected chi connectivity index (χ4v) is 2.33. The highest BCUT2D eigenvalue weighted by molar-refractivity contribution is 6.35. The SMILES string of the molecule is CCCCCCCC(=O)NNC(=O)COc1ccc(Cl)cc1Cl. The second kappa shape index (κ2) is 11.1. The summed E-state index contributed by atoms with van der Waals surface area (Å²) in [4.78, 5) is 23.1. The Bertz CT molecular complexity index is 524. The van der Waals surface area contributed by atoms with E-state index in [0.29, 0.717) is 22.2 Å². The van der Waals surface area contributed by atoms with Crippen molar-refractivity contribution in [2.75, 3.05) is 6.61 Å². The summed E-state index contributed by atoms with van der Waals surface area (Å²) >= 11 is 11.7. The molecule has 5 nitrogen and oxygen atoms in total. The van der Waals surface area contributed by atoms with E-state index in [4.69, 9.17) is 27.9 Å². The molecule has 0 radical (unpaired) electrons. The number of nitrogens with one attached hydrogen (secondary N) is 2. The number of hydrogen-bond donors (Lipinski definition) is 2. The number of carbonyl (C=O) groups excluding carboxylic acids is 2. The van der Waals surface area contributed by atoms with Gasteiger partial charge in [0.05, 0.1) is 5.02 Å². The number of rotatable bonds is 9. The minimum atomic E-state index is -0.463. The molecule has 23 heavy (non-hydrogen) atoms. The number of halogens is 2. The van der Waals surface area contributed by atoms with E-state index < -0.39 is 5.91 Å². The minimum Gasteiger partial charge on any atom is -0.482 e. The summed E-state index contributed by atoms with van der Waals surface area (Å²) in [5.74, 6) is -0.316. The summed E-state index contributed by atoms with van der Waals surface area (Å²) in [6.45, 7) is 1.89. The topological polar surface area (TPSA) is 67.4 Å². The van der Waals surface area contributed by atoms with Gasteiger partial charge in [-0.25, -0.2) is 0 Å². The van der Waals surface area contributed by atoms with E-state index in [0.717, 1.165) is 19.3 Å². The van der Waals surface area contributed by atoms with E-state index in [1.165, 1.54) is 18.9 Å². The maximum atomic E-state index is 11.6. The van der Waals surface area contributed by atoms with Crippen molar-refractivity contribution in [2.45, 2.75) is 45.4 Å². The summed E-state index contributed by atoms with van der Waals surface area (Å²) in [6, 6.07) is 4.71. The van der Waals surface area contributed by atoms with Crippen LogP contribution in [0.4, 0.5) is 0 Å². The molecule has 0 saturated heterocycles. The molecule has 0 saturated carbocycles. The molecule has 1 aromatic rings. The number of hydrazine groups is 1. The number of benzene rings is 1. The van der Waals surface area contributed by atoms with Crippen LogP contribution >= 0.6 is 23.2 Å². The van der Waals surface area contributed by atoms with Crippen LogP contribution in [0, 0.1) is 0 Å². The van der Waals surface area contributed by atoms with Crippen LogP contribution in [-0.2, 0) is 9.59 Å². The van der Waals surface area contributed by atoms with Crippen LogP contribution in [0.5, 0.6) is 5.75 Å². The molecule has 0 aliphatic carbocycles. The van der Waals surface area contributed by atoms with E-state index in [1.54, 1.807) is 12.1 Å². The van der Waals surface area contributed by atoms with Crippen molar-refractivity contribution < 1.29 is 14.3 Å². The fraction of sp³-hybridized carbons (Fsp3) is 0.500. The molecule has 1 rings (SSSR count). The molecular weight excluding hydrogens is 339 g/mol. The number of unbranched alkanes of at least 4 members (excludes halogenated alkanes) is 4. The van der Waals surface area contributed by atoms with E-state index in [2.05, 4.69) is 17.8 Å². The lowest BCUT2D eigenvalue weighted by molar-refractivity contribution is -0.130. The largest absolute Gasteiger partial charge is 0.482 e. The fourth-order valence-electron chi connectivity index (χ4n) is 1.86. The Morgan fingerprint density at radius 3 is 2.43 bits per heavy atom. The molecule has 0 fully saturated rings. The second-order valence-electron chi connectivity index (χ2n) is 5.12.